The molecule has 1 amide bonds. The van der Waals surface area contributed by atoms with E-state index in [0.29, 0.717) is 25.7 Å². The van der Waals surface area contributed by atoms with Gasteiger partial charge in [0.1, 0.15) is 0 Å². The third-order valence-corrected chi connectivity index (χ3v) is 4.93. The third kappa shape index (κ3) is 3.26. The first-order chi connectivity index (χ1) is 11.5. The molecule has 1 heterocycles. The minimum absolute atomic E-state index is 0.0448. The number of halogens is 1. The van der Waals surface area contributed by atoms with Crippen LogP contribution >= 0.6 is 35.6 Å². The van der Waals surface area contributed by atoms with Gasteiger partial charge in [0.05, 0.1) is 17.7 Å². The van der Waals surface area contributed by atoms with Crippen LogP contribution in [0.5, 0.6) is 11.5 Å². The molecule has 0 atom stereocenters. The van der Waals surface area contributed by atoms with E-state index in [9.17, 15) is 9.90 Å². The van der Waals surface area contributed by atoms with E-state index in [2.05, 4.69) is 0 Å². The van der Waals surface area contributed by atoms with Crippen LogP contribution in [0.2, 0.25) is 5.02 Å². The number of anilines is 1. The van der Waals surface area contributed by atoms with E-state index >= 15 is 0 Å². The van der Waals surface area contributed by atoms with Gasteiger partial charge in [-0.15, -0.1) is 0 Å². The number of amides is 1. The molecule has 0 aliphatic carbocycles. The van der Waals surface area contributed by atoms with Crippen LogP contribution in [0.25, 0.3) is 6.08 Å². The Kier molecular flexibility index (Phi) is 4.80. The fourth-order valence-corrected chi connectivity index (χ4v) is 3.64. The number of nitrogens with zero attached hydrogens (tertiary/aromatic N) is 1. The standard InChI is InChI=1S/C17H12ClNO3S2/c1-22-14-8-10(2-7-13(14)20)9-15-16(21)19(17(23)24-15)12-5-3-11(18)4-6-12/h2-9,20H,1H3/b15-9-. The first-order valence-electron chi connectivity index (χ1n) is 6.90. The lowest BCUT2D eigenvalue weighted by molar-refractivity contribution is -0.113. The molecule has 0 unspecified atom stereocenters. The Balaban J connectivity index is 1.92. The molecular weight excluding hydrogens is 366 g/mol. The van der Waals surface area contributed by atoms with Gasteiger partial charge in [0.15, 0.2) is 15.8 Å². The molecule has 0 saturated carbocycles. The van der Waals surface area contributed by atoms with E-state index < -0.39 is 0 Å². The Morgan fingerprint density at radius 2 is 1.96 bits per heavy atom. The Bertz CT molecular complexity index is 849. The van der Waals surface area contributed by atoms with Crippen LogP contribution in [0, 0.1) is 0 Å². The molecule has 1 N–H and O–H groups in total. The molecule has 2 aromatic carbocycles. The number of benzene rings is 2. The molecule has 2 aromatic rings. The van der Waals surface area contributed by atoms with Crippen molar-refractivity contribution in [3.63, 3.8) is 0 Å². The highest BCUT2D eigenvalue weighted by Gasteiger charge is 2.33. The summed E-state index contributed by atoms with van der Waals surface area (Å²) in [5.41, 5.74) is 1.41. The van der Waals surface area contributed by atoms with Gasteiger partial charge >= 0.3 is 0 Å². The van der Waals surface area contributed by atoms with Crippen molar-refractivity contribution in [2.75, 3.05) is 12.0 Å². The van der Waals surface area contributed by atoms with Gasteiger partial charge in [0, 0.05) is 5.02 Å². The van der Waals surface area contributed by atoms with Gasteiger partial charge in [-0.1, -0.05) is 41.6 Å². The predicted octanol–water partition coefficient (Wildman–Crippen LogP) is 4.46. The number of methoxy groups -OCH3 is 1. The van der Waals surface area contributed by atoms with E-state index in [0.717, 1.165) is 5.56 Å². The van der Waals surface area contributed by atoms with Crippen LogP contribution in [0.15, 0.2) is 47.4 Å². The number of rotatable bonds is 3. The van der Waals surface area contributed by atoms with Crippen LogP contribution < -0.4 is 9.64 Å². The summed E-state index contributed by atoms with van der Waals surface area (Å²) in [6.45, 7) is 0. The molecular formula is C17H12ClNO3S2. The van der Waals surface area contributed by atoms with E-state index in [1.807, 2.05) is 0 Å². The number of ether oxygens (including phenoxy) is 1. The number of phenolic OH excluding ortho intramolecular Hbond substituents is 1. The zero-order chi connectivity index (χ0) is 17.3. The molecule has 1 fully saturated rings. The van der Waals surface area contributed by atoms with Gasteiger partial charge in [-0.2, -0.15) is 0 Å². The fourth-order valence-electron chi connectivity index (χ4n) is 2.22. The highest BCUT2D eigenvalue weighted by atomic mass is 35.5. The van der Waals surface area contributed by atoms with E-state index in [-0.39, 0.29) is 11.7 Å². The molecule has 0 aromatic heterocycles. The summed E-state index contributed by atoms with van der Waals surface area (Å²) >= 11 is 12.4. The molecule has 24 heavy (non-hydrogen) atoms. The highest BCUT2D eigenvalue weighted by molar-refractivity contribution is 8.27. The summed E-state index contributed by atoms with van der Waals surface area (Å²) in [7, 11) is 1.47. The molecule has 1 saturated heterocycles. The molecule has 122 valence electrons. The van der Waals surface area contributed by atoms with Crippen LogP contribution in [0.4, 0.5) is 5.69 Å². The monoisotopic (exact) mass is 377 g/mol. The van der Waals surface area contributed by atoms with Crippen molar-refractivity contribution in [2.24, 2.45) is 0 Å². The van der Waals surface area contributed by atoms with Gasteiger partial charge in [0.25, 0.3) is 5.91 Å². The number of thioether (sulfide) groups is 1. The highest BCUT2D eigenvalue weighted by Crippen LogP contribution is 2.37. The molecule has 3 rings (SSSR count). The molecule has 4 nitrogen and oxygen atoms in total. The molecule has 1 aliphatic heterocycles. The average Bonchev–Trinajstić information content (AvgIpc) is 2.84. The number of thiocarbonyl (C=S) groups is 1. The van der Waals surface area contributed by atoms with Crippen LogP contribution in [0.3, 0.4) is 0 Å². The first kappa shape index (κ1) is 16.8. The fraction of sp³-hybridized carbons (Fsp3) is 0.0588. The van der Waals surface area contributed by atoms with Crippen molar-refractivity contribution in [3.05, 3.63) is 58.0 Å². The summed E-state index contributed by atoms with van der Waals surface area (Å²) in [4.78, 5) is 14.6. The smallest absolute Gasteiger partial charge is 0.270 e. The zero-order valence-corrected chi connectivity index (χ0v) is 14.9. The van der Waals surface area contributed by atoms with E-state index in [4.69, 9.17) is 28.6 Å². The van der Waals surface area contributed by atoms with Crippen molar-refractivity contribution in [3.8, 4) is 11.5 Å². The SMILES string of the molecule is COc1cc(/C=C2\SC(=S)N(c3ccc(Cl)cc3)C2=O)ccc1O. The summed E-state index contributed by atoms with van der Waals surface area (Å²) in [6.07, 6.45) is 1.72. The van der Waals surface area contributed by atoms with Gasteiger partial charge in [-0.05, 0) is 48.0 Å². The first-order valence-corrected chi connectivity index (χ1v) is 8.50. The summed E-state index contributed by atoms with van der Waals surface area (Å²) in [6, 6.07) is 11.8. The van der Waals surface area contributed by atoms with Crippen LogP contribution in [-0.2, 0) is 4.79 Å². The molecule has 0 spiro atoms. The third-order valence-electron chi connectivity index (χ3n) is 3.38. The summed E-state index contributed by atoms with van der Waals surface area (Å²) in [5.74, 6) is 0.194. The van der Waals surface area contributed by atoms with Gasteiger partial charge < -0.3 is 9.84 Å². The Hall–Kier alpha value is -2.02. The maximum atomic E-state index is 12.7. The Labute approximate surface area is 153 Å². The van der Waals surface area contributed by atoms with Gasteiger partial charge in [-0.25, -0.2) is 0 Å². The van der Waals surface area contributed by atoms with E-state index in [1.54, 1.807) is 42.5 Å². The minimum Gasteiger partial charge on any atom is -0.504 e. The topological polar surface area (TPSA) is 49.8 Å². The lowest BCUT2D eigenvalue weighted by Crippen LogP contribution is -2.27. The maximum Gasteiger partial charge on any atom is 0.270 e. The zero-order valence-electron chi connectivity index (χ0n) is 12.5. The predicted molar refractivity (Wildman–Crippen MR) is 102 cm³/mol. The van der Waals surface area contributed by atoms with Crippen molar-refractivity contribution in [2.45, 2.75) is 0 Å². The number of aromatic hydroxyl groups is 1. The van der Waals surface area contributed by atoms with Crippen LogP contribution in [-0.4, -0.2) is 22.4 Å². The lowest BCUT2D eigenvalue weighted by Gasteiger charge is -2.14. The van der Waals surface area contributed by atoms with Crippen molar-refractivity contribution in [1.29, 1.82) is 0 Å². The minimum atomic E-state index is -0.195. The quantitative estimate of drug-likeness (QED) is 0.632. The average molecular weight is 378 g/mol. The van der Waals surface area contributed by atoms with Crippen molar-refractivity contribution >= 4 is 57.6 Å². The molecule has 7 heteroatoms. The number of phenols is 1. The molecule has 0 bridgehead atoms. The molecule has 0 radical (unpaired) electrons. The number of carbonyl (C=O) groups is 1. The normalized spacial score (nSPS) is 16.1. The van der Waals surface area contributed by atoms with Crippen molar-refractivity contribution in [1.82, 2.24) is 0 Å². The Morgan fingerprint density at radius 3 is 2.62 bits per heavy atom. The lowest BCUT2D eigenvalue weighted by atomic mass is 10.2. The largest absolute Gasteiger partial charge is 0.504 e. The summed E-state index contributed by atoms with van der Waals surface area (Å²) < 4.78 is 5.54. The number of hydrogen-bond acceptors (Lipinski definition) is 5. The summed E-state index contributed by atoms with van der Waals surface area (Å²) in [5, 5.41) is 10.2. The maximum absolute atomic E-state index is 12.7. The van der Waals surface area contributed by atoms with Gasteiger partial charge in [-0.3, -0.25) is 9.69 Å². The molecule has 1 aliphatic rings. The number of hydrogen-bond donors (Lipinski definition) is 1. The second-order valence-corrected chi connectivity index (χ2v) is 7.04. The second kappa shape index (κ2) is 6.84. The van der Waals surface area contributed by atoms with E-state index in [1.165, 1.54) is 29.8 Å². The van der Waals surface area contributed by atoms with Crippen LogP contribution in [0.1, 0.15) is 5.56 Å². The van der Waals surface area contributed by atoms with Crippen molar-refractivity contribution < 1.29 is 14.6 Å². The number of carbonyl (C=O) groups excluding carboxylic acids is 1. The van der Waals surface area contributed by atoms with Gasteiger partial charge in [0.2, 0.25) is 0 Å². The Morgan fingerprint density at radius 1 is 1.25 bits per heavy atom. The second-order valence-electron chi connectivity index (χ2n) is 4.92.